The molecule has 2 aliphatic rings. The Balaban J connectivity index is 2.01. The van der Waals surface area contributed by atoms with Crippen molar-refractivity contribution >= 4 is 24.3 Å². The van der Waals surface area contributed by atoms with E-state index in [-0.39, 0.29) is 5.41 Å². The van der Waals surface area contributed by atoms with E-state index in [0.717, 1.165) is 24.3 Å². The average Bonchev–Trinajstić information content (AvgIpc) is 3.31. The topological polar surface area (TPSA) is 0 Å². The van der Waals surface area contributed by atoms with Crippen LogP contribution in [0.15, 0.2) is 71.7 Å². The third-order valence-corrected chi connectivity index (χ3v) is 6.29. The minimum Gasteiger partial charge on any atom is -0.148 e. The molecule has 0 aliphatic heterocycles. The predicted octanol–water partition coefficient (Wildman–Crippen LogP) is 7.49. The van der Waals surface area contributed by atoms with Crippen LogP contribution in [0.2, 0.25) is 0 Å². The molecular weight excluding hydrogens is 332 g/mol. The summed E-state index contributed by atoms with van der Waals surface area (Å²) in [5.41, 5.74) is 5.28. The summed E-state index contributed by atoms with van der Waals surface area (Å²) in [5.74, 6) is 1.18. The van der Waals surface area contributed by atoms with Gasteiger partial charge in [0.2, 0.25) is 0 Å². The van der Waals surface area contributed by atoms with Crippen LogP contribution in [0.5, 0.6) is 0 Å². The molecule has 3 atom stereocenters. The minimum atomic E-state index is 0.266. The molecule has 0 heterocycles. The monoisotopic (exact) mass is 362 g/mol. The van der Waals surface area contributed by atoms with E-state index in [9.17, 15) is 0 Å². The zero-order valence-electron chi connectivity index (χ0n) is 16.2. The van der Waals surface area contributed by atoms with Gasteiger partial charge in [-0.2, -0.15) is 0 Å². The van der Waals surface area contributed by atoms with Crippen LogP contribution in [0.3, 0.4) is 0 Å². The molecule has 3 rings (SSSR count). The van der Waals surface area contributed by atoms with Gasteiger partial charge in [-0.15, -0.1) is 12.6 Å². The van der Waals surface area contributed by atoms with E-state index in [1.165, 1.54) is 28.0 Å². The second-order valence-corrected chi connectivity index (χ2v) is 8.21. The highest BCUT2D eigenvalue weighted by molar-refractivity contribution is 7.84. The Hall–Kier alpha value is -1.73. The van der Waals surface area contributed by atoms with E-state index in [0.29, 0.717) is 5.92 Å². The van der Waals surface area contributed by atoms with Gasteiger partial charge in [-0.3, -0.25) is 0 Å². The number of hydrogen-bond donors (Lipinski definition) is 1. The quantitative estimate of drug-likeness (QED) is 0.393. The standard InChI is InChI=1S/C25H30S/c1-5-7-15-25(17-18(25)3)24-16-21(26)13-14-23(24)19(4)22-12-9-8-11-20(22)10-6-2/h6-15,18,24,26H,4-5,16-17H2,1-3H3/b10-6-,15-7?. The molecule has 26 heavy (non-hydrogen) atoms. The van der Waals surface area contributed by atoms with E-state index in [1.54, 1.807) is 0 Å². The third kappa shape index (κ3) is 3.55. The Morgan fingerprint density at radius 2 is 2.04 bits per heavy atom. The van der Waals surface area contributed by atoms with Crippen molar-refractivity contribution in [2.45, 2.75) is 40.0 Å². The van der Waals surface area contributed by atoms with Crippen molar-refractivity contribution in [2.75, 3.05) is 0 Å². The predicted molar refractivity (Wildman–Crippen MR) is 119 cm³/mol. The SMILES string of the molecule is C=C(C1=CC=C(S)CC1C1(C=CCC)CC1C)c1ccccc1/C=C\C. The maximum Gasteiger partial charge on any atom is -0.00167 e. The molecule has 1 fully saturated rings. The van der Waals surface area contributed by atoms with Gasteiger partial charge < -0.3 is 0 Å². The molecule has 2 aliphatic carbocycles. The lowest BCUT2D eigenvalue weighted by Crippen LogP contribution is -2.21. The first-order valence-corrected chi connectivity index (χ1v) is 10.2. The van der Waals surface area contributed by atoms with Gasteiger partial charge in [-0.1, -0.05) is 81.1 Å². The van der Waals surface area contributed by atoms with Crippen LogP contribution in [-0.4, -0.2) is 0 Å². The number of thiol groups is 1. The van der Waals surface area contributed by atoms with Crippen molar-refractivity contribution in [1.29, 1.82) is 0 Å². The summed E-state index contributed by atoms with van der Waals surface area (Å²) in [6, 6.07) is 8.57. The molecule has 136 valence electrons. The molecule has 0 nitrogen and oxygen atoms in total. The van der Waals surface area contributed by atoms with Crippen molar-refractivity contribution in [3.05, 3.63) is 82.8 Å². The lowest BCUT2D eigenvalue weighted by atomic mass is 9.73. The number of allylic oxidation sites excluding steroid dienone is 8. The first kappa shape index (κ1) is 19.0. The van der Waals surface area contributed by atoms with E-state index in [4.69, 9.17) is 12.6 Å². The van der Waals surface area contributed by atoms with Crippen molar-refractivity contribution in [1.82, 2.24) is 0 Å². The van der Waals surface area contributed by atoms with E-state index < -0.39 is 0 Å². The van der Waals surface area contributed by atoms with Crippen molar-refractivity contribution in [2.24, 2.45) is 17.3 Å². The van der Waals surface area contributed by atoms with Crippen LogP contribution in [0, 0.1) is 17.3 Å². The van der Waals surface area contributed by atoms with Gasteiger partial charge >= 0.3 is 0 Å². The largest absolute Gasteiger partial charge is 0.148 e. The molecule has 3 unspecified atom stereocenters. The van der Waals surface area contributed by atoms with Crippen LogP contribution in [0.25, 0.3) is 11.6 Å². The van der Waals surface area contributed by atoms with Gasteiger partial charge in [-0.05, 0) is 70.6 Å². The maximum absolute atomic E-state index is 4.70. The summed E-state index contributed by atoms with van der Waals surface area (Å²) in [6.45, 7) is 11.2. The Morgan fingerprint density at radius 1 is 1.31 bits per heavy atom. The zero-order chi connectivity index (χ0) is 18.7. The zero-order valence-corrected chi connectivity index (χ0v) is 17.1. The fourth-order valence-corrected chi connectivity index (χ4v) is 4.63. The van der Waals surface area contributed by atoms with E-state index in [1.807, 2.05) is 0 Å². The molecule has 0 bridgehead atoms. The summed E-state index contributed by atoms with van der Waals surface area (Å²) in [6.07, 6.45) is 16.9. The number of benzene rings is 1. The lowest BCUT2D eigenvalue weighted by molar-refractivity contribution is 0.410. The van der Waals surface area contributed by atoms with Gasteiger partial charge in [0.15, 0.2) is 0 Å². The molecule has 0 radical (unpaired) electrons. The summed E-state index contributed by atoms with van der Waals surface area (Å²) in [4.78, 5) is 1.18. The van der Waals surface area contributed by atoms with Crippen molar-refractivity contribution in [3.63, 3.8) is 0 Å². The summed E-state index contributed by atoms with van der Waals surface area (Å²) in [5, 5.41) is 0. The maximum atomic E-state index is 4.70. The normalized spacial score (nSPS) is 28.3. The van der Waals surface area contributed by atoms with E-state index >= 15 is 0 Å². The molecule has 0 aromatic heterocycles. The number of rotatable bonds is 6. The van der Waals surface area contributed by atoms with Gasteiger partial charge in [0, 0.05) is 0 Å². The molecule has 1 aromatic rings. The second-order valence-electron chi connectivity index (χ2n) is 7.63. The molecule has 0 N–H and O–H groups in total. The Morgan fingerprint density at radius 3 is 2.69 bits per heavy atom. The van der Waals surface area contributed by atoms with Crippen molar-refractivity contribution in [3.8, 4) is 0 Å². The Labute approximate surface area is 164 Å². The average molecular weight is 363 g/mol. The molecular formula is C25H30S. The van der Waals surface area contributed by atoms with Gasteiger partial charge in [0.05, 0.1) is 0 Å². The van der Waals surface area contributed by atoms with E-state index in [2.05, 4.69) is 88.1 Å². The van der Waals surface area contributed by atoms with Crippen LogP contribution in [-0.2, 0) is 0 Å². The van der Waals surface area contributed by atoms with Gasteiger partial charge in [-0.25, -0.2) is 0 Å². The highest BCUT2D eigenvalue weighted by atomic mass is 32.1. The molecule has 1 aromatic carbocycles. The first-order chi connectivity index (χ1) is 12.5. The molecule has 0 amide bonds. The fraction of sp³-hybridized carbons (Fsp3) is 0.360. The highest BCUT2D eigenvalue weighted by Gasteiger charge is 2.55. The van der Waals surface area contributed by atoms with Crippen LogP contribution >= 0.6 is 12.6 Å². The summed E-state index contributed by atoms with van der Waals surface area (Å²) >= 11 is 4.70. The first-order valence-electron chi connectivity index (χ1n) is 9.72. The highest BCUT2D eigenvalue weighted by Crippen LogP contribution is 2.64. The van der Waals surface area contributed by atoms with Crippen LogP contribution < -0.4 is 0 Å². The summed E-state index contributed by atoms with van der Waals surface area (Å²) in [7, 11) is 0. The minimum absolute atomic E-state index is 0.266. The molecule has 1 heteroatoms. The Kier molecular flexibility index (Phi) is 5.77. The van der Waals surface area contributed by atoms with Gasteiger partial charge in [0.25, 0.3) is 0 Å². The summed E-state index contributed by atoms with van der Waals surface area (Å²) < 4.78 is 0. The Bertz CT molecular complexity index is 805. The van der Waals surface area contributed by atoms with Crippen LogP contribution in [0.4, 0.5) is 0 Å². The fourth-order valence-electron chi connectivity index (χ4n) is 4.37. The molecule has 1 saturated carbocycles. The number of hydrogen-bond acceptors (Lipinski definition) is 1. The van der Waals surface area contributed by atoms with Crippen molar-refractivity contribution < 1.29 is 0 Å². The third-order valence-electron chi connectivity index (χ3n) is 5.95. The lowest BCUT2D eigenvalue weighted by Gasteiger charge is -2.32. The van der Waals surface area contributed by atoms with Gasteiger partial charge in [0.1, 0.15) is 0 Å². The molecule has 0 saturated heterocycles. The second kappa shape index (κ2) is 7.88. The smallest absolute Gasteiger partial charge is 0.00167 e. The molecule has 0 spiro atoms. The van der Waals surface area contributed by atoms with Crippen LogP contribution in [0.1, 0.15) is 51.2 Å².